The summed E-state index contributed by atoms with van der Waals surface area (Å²) >= 11 is 0. The van der Waals surface area contributed by atoms with Gasteiger partial charge in [0.15, 0.2) is 0 Å². The molecule has 0 bridgehead atoms. The first-order valence-corrected chi connectivity index (χ1v) is 10.4. The van der Waals surface area contributed by atoms with Crippen LogP contribution >= 0.6 is 0 Å². The second-order valence-corrected chi connectivity index (χ2v) is 7.63. The zero-order valence-corrected chi connectivity index (χ0v) is 17.2. The average Bonchev–Trinajstić information content (AvgIpc) is 2.78. The smallest absolute Gasteiger partial charge is 0.253 e. The molecule has 0 aliphatic carbocycles. The zero-order valence-electron chi connectivity index (χ0n) is 17.2. The maximum absolute atomic E-state index is 12.8. The first-order valence-electron chi connectivity index (χ1n) is 10.4. The minimum atomic E-state index is -0.0791. The van der Waals surface area contributed by atoms with Crippen molar-refractivity contribution in [3.05, 3.63) is 59.9 Å². The molecule has 1 saturated heterocycles. The highest BCUT2D eigenvalue weighted by Gasteiger charge is 2.24. The van der Waals surface area contributed by atoms with Crippen molar-refractivity contribution in [2.45, 2.75) is 45.7 Å². The monoisotopic (exact) mass is 394 g/mol. The van der Waals surface area contributed by atoms with Crippen molar-refractivity contribution in [3.8, 4) is 0 Å². The van der Waals surface area contributed by atoms with Crippen molar-refractivity contribution in [3.63, 3.8) is 0 Å². The fourth-order valence-electron chi connectivity index (χ4n) is 3.51. The van der Waals surface area contributed by atoms with Crippen LogP contribution in [0.15, 0.2) is 48.8 Å². The number of aromatic nitrogens is 1. The maximum Gasteiger partial charge on any atom is 0.253 e. The van der Waals surface area contributed by atoms with Gasteiger partial charge in [0, 0.05) is 49.7 Å². The molecule has 2 heterocycles. The van der Waals surface area contributed by atoms with Gasteiger partial charge < -0.3 is 15.5 Å². The second kappa shape index (κ2) is 10.0. The Morgan fingerprint density at radius 2 is 1.83 bits per heavy atom. The van der Waals surface area contributed by atoms with Crippen LogP contribution in [0.3, 0.4) is 0 Å². The van der Waals surface area contributed by atoms with Gasteiger partial charge in [-0.15, -0.1) is 0 Å². The normalized spacial score (nSPS) is 15.6. The second-order valence-electron chi connectivity index (χ2n) is 7.63. The number of carbonyl (C=O) groups excluding carboxylic acids is 2. The van der Waals surface area contributed by atoms with Gasteiger partial charge in [-0.25, -0.2) is 0 Å². The molecule has 1 aromatic heterocycles. The van der Waals surface area contributed by atoms with Crippen LogP contribution in [-0.2, 0) is 11.3 Å². The van der Waals surface area contributed by atoms with Crippen LogP contribution in [0, 0.1) is 5.92 Å². The van der Waals surface area contributed by atoms with Gasteiger partial charge in [0.25, 0.3) is 5.91 Å². The molecule has 1 aliphatic heterocycles. The lowest BCUT2D eigenvalue weighted by molar-refractivity contribution is -0.125. The molecular weight excluding hydrogens is 364 g/mol. The Bertz CT molecular complexity index is 817. The summed E-state index contributed by atoms with van der Waals surface area (Å²) in [6.45, 7) is 6.11. The Balaban J connectivity index is 1.59. The lowest BCUT2D eigenvalue weighted by Crippen LogP contribution is -2.46. The van der Waals surface area contributed by atoms with Gasteiger partial charge in [-0.05, 0) is 49.1 Å². The molecule has 0 saturated carbocycles. The summed E-state index contributed by atoms with van der Waals surface area (Å²) in [4.78, 5) is 31.2. The van der Waals surface area contributed by atoms with Gasteiger partial charge in [-0.2, -0.15) is 0 Å². The van der Waals surface area contributed by atoms with E-state index in [1.54, 1.807) is 12.4 Å². The minimum Gasteiger partial charge on any atom is -0.371 e. The molecule has 0 radical (unpaired) electrons. The van der Waals surface area contributed by atoms with E-state index in [9.17, 15) is 9.59 Å². The molecule has 29 heavy (non-hydrogen) atoms. The maximum atomic E-state index is 12.8. The van der Waals surface area contributed by atoms with E-state index in [2.05, 4.69) is 20.5 Å². The largest absolute Gasteiger partial charge is 0.371 e. The fraction of sp³-hybridized carbons (Fsp3) is 0.435. The number of para-hydroxylation sites is 1. The molecule has 154 valence electrons. The molecule has 3 rings (SSSR count). The molecule has 2 aromatic rings. The van der Waals surface area contributed by atoms with E-state index in [4.69, 9.17) is 0 Å². The zero-order chi connectivity index (χ0) is 20.6. The summed E-state index contributed by atoms with van der Waals surface area (Å²) in [5.41, 5.74) is 2.65. The van der Waals surface area contributed by atoms with Crippen LogP contribution in [0.4, 0.5) is 5.69 Å². The minimum absolute atomic E-state index is 0.0536. The number of piperidine rings is 1. The number of hydrogen-bond acceptors (Lipinski definition) is 4. The average molecular weight is 395 g/mol. The Hall–Kier alpha value is -2.89. The summed E-state index contributed by atoms with van der Waals surface area (Å²) < 4.78 is 0. The molecule has 6 nitrogen and oxygen atoms in total. The van der Waals surface area contributed by atoms with Crippen molar-refractivity contribution in [1.29, 1.82) is 0 Å². The van der Waals surface area contributed by atoms with Crippen LogP contribution in [0.25, 0.3) is 0 Å². The van der Waals surface area contributed by atoms with Crippen LogP contribution < -0.4 is 15.5 Å². The number of benzene rings is 1. The quantitative estimate of drug-likeness (QED) is 0.757. The third kappa shape index (κ3) is 5.56. The highest BCUT2D eigenvalue weighted by atomic mass is 16.2. The van der Waals surface area contributed by atoms with E-state index in [1.165, 1.54) is 0 Å². The lowest BCUT2D eigenvalue weighted by Gasteiger charge is -2.35. The van der Waals surface area contributed by atoms with Gasteiger partial charge in [0.1, 0.15) is 0 Å². The van der Waals surface area contributed by atoms with Crippen LogP contribution in [0.2, 0.25) is 0 Å². The molecule has 2 N–H and O–H groups in total. The summed E-state index contributed by atoms with van der Waals surface area (Å²) in [5, 5.41) is 6.17. The third-order valence-electron chi connectivity index (χ3n) is 5.59. The number of hydrogen-bond donors (Lipinski definition) is 2. The standard InChI is InChI=1S/C23H30N4O2/c1-3-17(2)22(28)26-19-10-14-27(15-11-19)21-7-5-4-6-20(21)23(29)25-16-18-8-12-24-13-9-18/h4-9,12-13,17,19H,3,10-11,14-16H2,1-2H3,(H,25,29)(H,26,28)/t17-/m1/s1. The molecule has 1 aromatic carbocycles. The Kier molecular flexibility index (Phi) is 7.22. The Labute approximate surface area is 172 Å². The number of carbonyl (C=O) groups is 2. The van der Waals surface area contributed by atoms with E-state index in [-0.39, 0.29) is 23.8 Å². The van der Waals surface area contributed by atoms with Gasteiger partial charge in [0.2, 0.25) is 5.91 Å². The molecule has 1 atom stereocenters. The van der Waals surface area contributed by atoms with Gasteiger partial charge in [-0.3, -0.25) is 14.6 Å². The molecule has 1 aliphatic rings. The number of nitrogens with zero attached hydrogens (tertiary/aromatic N) is 2. The van der Waals surface area contributed by atoms with Crippen LogP contribution in [0.1, 0.15) is 49.0 Å². The van der Waals surface area contributed by atoms with Crippen molar-refractivity contribution >= 4 is 17.5 Å². The van der Waals surface area contributed by atoms with E-state index in [0.717, 1.165) is 43.6 Å². The van der Waals surface area contributed by atoms with Crippen LogP contribution in [0.5, 0.6) is 0 Å². The number of nitrogens with one attached hydrogen (secondary N) is 2. The number of rotatable bonds is 7. The topological polar surface area (TPSA) is 74.3 Å². The Morgan fingerprint density at radius 1 is 1.14 bits per heavy atom. The molecule has 1 fully saturated rings. The van der Waals surface area contributed by atoms with Crippen molar-refractivity contribution in [1.82, 2.24) is 15.6 Å². The summed E-state index contributed by atoms with van der Waals surface area (Å²) in [7, 11) is 0. The van der Waals surface area contributed by atoms with Crippen molar-refractivity contribution in [2.75, 3.05) is 18.0 Å². The van der Waals surface area contributed by atoms with Crippen LogP contribution in [-0.4, -0.2) is 35.9 Å². The third-order valence-corrected chi connectivity index (χ3v) is 5.59. The fourth-order valence-corrected chi connectivity index (χ4v) is 3.51. The molecule has 0 unspecified atom stereocenters. The van der Waals surface area contributed by atoms with E-state index >= 15 is 0 Å². The van der Waals surface area contributed by atoms with E-state index < -0.39 is 0 Å². The predicted molar refractivity (Wildman–Crippen MR) is 115 cm³/mol. The number of amides is 2. The van der Waals surface area contributed by atoms with Crippen molar-refractivity contribution < 1.29 is 9.59 Å². The van der Waals surface area contributed by atoms with E-state index in [1.807, 2.05) is 50.2 Å². The first-order chi connectivity index (χ1) is 14.1. The lowest BCUT2D eigenvalue weighted by atomic mass is 10.0. The molecule has 2 amide bonds. The van der Waals surface area contributed by atoms with Gasteiger partial charge in [0.05, 0.1) is 5.56 Å². The van der Waals surface area contributed by atoms with Gasteiger partial charge >= 0.3 is 0 Å². The molecule has 6 heteroatoms. The highest BCUT2D eigenvalue weighted by Crippen LogP contribution is 2.24. The van der Waals surface area contributed by atoms with E-state index in [0.29, 0.717) is 12.1 Å². The SMILES string of the molecule is CC[C@@H](C)C(=O)NC1CCN(c2ccccc2C(=O)NCc2ccncc2)CC1. The molecule has 0 spiro atoms. The Morgan fingerprint density at radius 3 is 2.52 bits per heavy atom. The van der Waals surface area contributed by atoms with Crippen molar-refractivity contribution in [2.24, 2.45) is 5.92 Å². The predicted octanol–water partition coefficient (Wildman–Crippen LogP) is 3.14. The summed E-state index contributed by atoms with van der Waals surface area (Å²) in [5.74, 6) is 0.115. The van der Waals surface area contributed by atoms with Gasteiger partial charge in [-0.1, -0.05) is 26.0 Å². The summed E-state index contributed by atoms with van der Waals surface area (Å²) in [6, 6.07) is 11.7. The molecular formula is C23H30N4O2. The highest BCUT2D eigenvalue weighted by molar-refractivity contribution is 5.99. The first kappa shape index (κ1) is 20.8. The number of pyridine rings is 1. The number of anilines is 1. The summed E-state index contributed by atoms with van der Waals surface area (Å²) in [6.07, 6.45) is 6.07.